The second-order valence-corrected chi connectivity index (χ2v) is 4.91. The van der Waals surface area contributed by atoms with Crippen molar-refractivity contribution in [2.75, 3.05) is 6.61 Å². The summed E-state index contributed by atoms with van der Waals surface area (Å²) in [6, 6.07) is 11.6. The highest BCUT2D eigenvalue weighted by Gasteiger charge is 2.17. The zero-order valence-corrected chi connectivity index (χ0v) is 13.4. The van der Waals surface area contributed by atoms with E-state index in [2.05, 4.69) is 10.5 Å². The predicted octanol–water partition coefficient (Wildman–Crippen LogP) is 3.07. The van der Waals surface area contributed by atoms with E-state index in [9.17, 15) is 14.9 Å². The van der Waals surface area contributed by atoms with Gasteiger partial charge in [0.1, 0.15) is 5.75 Å². The van der Waals surface area contributed by atoms with Crippen LogP contribution < -0.4 is 10.2 Å². The summed E-state index contributed by atoms with van der Waals surface area (Å²) in [7, 11) is 0. The Labute approximate surface area is 139 Å². The lowest BCUT2D eigenvalue weighted by molar-refractivity contribution is -0.385. The minimum absolute atomic E-state index is 0.0989. The van der Waals surface area contributed by atoms with E-state index in [1.165, 1.54) is 31.3 Å². The third-order valence-corrected chi connectivity index (χ3v) is 3.32. The molecule has 7 heteroatoms. The highest BCUT2D eigenvalue weighted by Crippen LogP contribution is 2.20. The lowest BCUT2D eigenvalue weighted by atomic mass is 10.1. The molecule has 2 aromatic carbocycles. The van der Waals surface area contributed by atoms with Crippen LogP contribution in [0.5, 0.6) is 5.75 Å². The molecule has 0 radical (unpaired) electrons. The van der Waals surface area contributed by atoms with E-state index >= 15 is 0 Å². The van der Waals surface area contributed by atoms with Gasteiger partial charge in [-0.3, -0.25) is 14.9 Å². The zero-order chi connectivity index (χ0) is 17.5. The van der Waals surface area contributed by atoms with Crippen molar-refractivity contribution >= 4 is 17.8 Å². The Morgan fingerprint density at radius 1 is 1.29 bits per heavy atom. The molecule has 0 saturated heterocycles. The van der Waals surface area contributed by atoms with E-state index in [1.54, 1.807) is 24.3 Å². The van der Waals surface area contributed by atoms with Crippen LogP contribution in [0.4, 0.5) is 5.69 Å². The van der Waals surface area contributed by atoms with E-state index < -0.39 is 10.8 Å². The van der Waals surface area contributed by atoms with Crippen molar-refractivity contribution in [2.24, 2.45) is 5.10 Å². The van der Waals surface area contributed by atoms with Crippen LogP contribution in [0.15, 0.2) is 47.6 Å². The Morgan fingerprint density at radius 3 is 2.62 bits per heavy atom. The lowest BCUT2D eigenvalue weighted by Crippen LogP contribution is -2.19. The Balaban J connectivity index is 2.05. The highest BCUT2D eigenvalue weighted by molar-refractivity contribution is 5.97. The Morgan fingerprint density at radius 2 is 2.00 bits per heavy atom. The van der Waals surface area contributed by atoms with Crippen LogP contribution in [-0.4, -0.2) is 23.7 Å². The van der Waals surface area contributed by atoms with Crippen LogP contribution in [0, 0.1) is 17.0 Å². The van der Waals surface area contributed by atoms with Crippen molar-refractivity contribution in [1.82, 2.24) is 5.43 Å². The molecule has 0 aliphatic heterocycles. The molecule has 0 aromatic heterocycles. The van der Waals surface area contributed by atoms with E-state index in [0.717, 1.165) is 11.3 Å². The van der Waals surface area contributed by atoms with Gasteiger partial charge in [-0.25, -0.2) is 5.43 Å². The summed E-state index contributed by atoms with van der Waals surface area (Å²) in [6.07, 6.45) is 1.49. The summed E-state index contributed by atoms with van der Waals surface area (Å²) >= 11 is 0. The van der Waals surface area contributed by atoms with Gasteiger partial charge in [-0.2, -0.15) is 5.10 Å². The molecule has 124 valence electrons. The fourth-order valence-electron chi connectivity index (χ4n) is 2.11. The topological polar surface area (TPSA) is 93.8 Å². The summed E-state index contributed by atoms with van der Waals surface area (Å²) in [5, 5.41) is 14.8. The summed E-state index contributed by atoms with van der Waals surface area (Å²) in [6.45, 7) is 4.02. The Hall–Kier alpha value is -3.22. The molecule has 1 amide bonds. The number of benzene rings is 2. The van der Waals surface area contributed by atoms with Gasteiger partial charge in [0.25, 0.3) is 11.6 Å². The van der Waals surface area contributed by atoms with Gasteiger partial charge in [0.2, 0.25) is 0 Å². The van der Waals surface area contributed by atoms with Crippen molar-refractivity contribution in [3.05, 3.63) is 69.3 Å². The highest BCUT2D eigenvalue weighted by atomic mass is 16.6. The molecule has 2 rings (SSSR count). The third kappa shape index (κ3) is 4.16. The number of carbonyl (C=O) groups is 1. The first kappa shape index (κ1) is 17.1. The van der Waals surface area contributed by atoms with Gasteiger partial charge in [0.15, 0.2) is 0 Å². The molecule has 0 atom stereocenters. The summed E-state index contributed by atoms with van der Waals surface area (Å²) in [5.41, 5.74) is 3.58. The quantitative estimate of drug-likeness (QED) is 0.501. The molecule has 7 nitrogen and oxygen atoms in total. The van der Waals surface area contributed by atoms with E-state index in [-0.39, 0.29) is 11.3 Å². The number of hydrogen-bond donors (Lipinski definition) is 1. The summed E-state index contributed by atoms with van der Waals surface area (Å²) < 4.78 is 5.34. The van der Waals surface area contributed by atoms with Crippen molar-refractivity contribution in [1.29, 1.82) is 0 Å². The van der Waals surface area contributed by atoms with Gasteiger partial charge in [0.05, 0.1) is 23.3 Å². The first-order chi connectivity index (χ1) is 11.5. The molecule has 0 aliphatic rings. The lowest BCUT2D eigenvalue weighted by Gasteiger charge is -2.04. The first-order valence-corrected chi connectivity index (χ1v) is 7.33. The number of nitro groups is 1. The molecule has 0 heterocycles. The number of nitrogens with zero attached hydrogens (tertiary/aromatic N) is 2. The van der Waals surface area contributed by atoms with Crippen molar-refractivity contribution in [3.8, 4) is 5.75 Å². The second-order valence-electron chi connectivity index (χ2n) is 4.91. The summed E-state index contributed by atoms with van der Waals surface area (Å²) in [4.78, 5) is 22.5. The van der Waals surface area contributed by atoms with Crippen molar-refractivity contribution in [3.63, 3.8) is 0 Å². The van der Waals surface area contributed by atoms with Crippen LogP contribution in [-0.2, 0) is 0 Å². The Bertz CT molecular complexity index is 770. The number of carbonyl (C=O) groups excluding carboxylic acids is 1. The predicted molar refractivity (Wildman–Crippen MR) is 90.5 cm³/mol. The van der Waals surface area contributed by atoms with Crippen LogP contribution >= 0.6 is 0 Å². The molecule has 2 aromatic rings. The van der Waals surface area contributed by atoms with E-state index in [4.69, 9.17) is 4.74 Å². The minimum atomic E-state index is -0.519. The van der Waals surface area contributed by atoms with Gasteiger partial charge < -0.3 is 4.74 Å². The standard InChI is InChI=1S/C17H17N3O4/c1-3-24-14-9-7-13(8-10-14)11-18-19-17(21)15-5-4-6-16(12(15)2)20(22)23/h4-11H,3H2,1-2H3,(H,19,21)/b18-11-. The number of ether oxygens (including phenoxy) is 1. The number of nitro benzene ring substituents is 1. The maximum atomic E-state index is 12.1. The normalized spacial score (nSPS) is 10.6. The Kier molecular flexibility index (Phi) is 5.62. The molecule has 0 unspecified atom stereocenters. The molecule has 0 saturated carbocycles. The van der Waals surface area contributed by atoms with Crippen LogP contribution in [0.2, 0.25) is 0 Å². The fourth-order valence-corrected chi connectivity index (χ4v) is 2.11. The molecule has 24 heavy (non-hydrogen) atoms. The number of nitrogens with one attached hydrogen (secondary N) is 1. The van der Waals surface area contributed by atoms with Gasteiger partial charge in [-0.1, -0.05) is 6.07 Å². The average molecular weight is 327 g/mol. The minimum Gasteiger partial charge on any atom is -0.494 e. The third-order valence-electron chi connectivity index (χ3n) is 3.32. The molecule has 0 spiro atoms. The largest absolute Gasteiger partial charge is 0.494 e. The van der Waals surface area contributed by atoms with Gasteiger partial charge in [0, 0.05) is 11.6 Å². The molecule has 0 aliphatic carbocycles. The van der Waals surface area contributed by atoms with Crippen LogP contribution in [0.3, 0.4) is 0 Å². The monoisotopic (exact) mass is 327 g/mol. The molecule has 0 fully saturated rings. The zero-order valence-electron chi connectivity index (χ0n) is 13.4. The van der Waals surface area contributed by atoms with E-state index in [0.29, 0.717) is 12.2 Å². The van der Waals surface area contributed by atoms with Gasteiger partial charge in [-0.05, 0) is 49.7 Å². The van der Waals surface area contributed by atoms with Crippen molar-refractivity contribution < 1.29 is 14.5 Å². The van der Waals surface area contributed by atoms with Gasteiger partial charge in [-0.15, -0.1) is 0 Å². The number of rotatable bonds is 6. The maximum Gasteiger partial charge on any atom is 0.273 e. The average Bonchev–Trinajstić information content (AvgIpc) is 2.56. The molecule has 0 bridgehead atoms. The van der Waals surface area contributed by atoms with Crippen LogP contribution in [0.1, 0.15) is 28.4 Å². The molecular formula is C17H17N3O4. The van der Waals surface area contributed by atoms with Crippen molar-refractivity contribution in [2.45, 2.75) is 13.8 Å². The SMILES string of the molecule is CCOc1ccc(/C=N\NC(=O)c2cccc([N+](=O)[O-])c2C)cc1. The van der Waals surface area contributed by atoms with Gasteiger partial charge >= 0.3 is 0 Å². The fraction of sp³-hybridized carbons (Fsp3) is 0.176. The summed E-state index contributed by atoms with van der Waals surface area (Å²) in [5.74, 6) is 0.254. The number of hydrazone groups is 1. The number of hydrogen-bond acceptors (Lipinski definition) is 5. The molecular weight excluding hydrogens is 310 g/mol. The van der Waals surface area contributed by atoms with Crippen LogP contribution in [0.25, 0.3) is 0 Å². The smallest absolute Gasteiger partial charge is 0.273 e. The maximum absolute atomic E-state index is 12.1. The van der Waals surface area contributed by atoms with E-state index in [1.807, 2.05) is 6.92 Å². The number of amides is 1. The molecule has 1 N–H and O–H groups in total. The first-order valence-electron chi connectivity index (χ1n) is 7.33. The second kappa shape index (κ2) is 7.87.